The first kappa shape index (κ1) is 23.3. The smallest absolute Gasteiger partial charge is 0.270 e. The van der Waals surface area contributed by atoms with Crippen LogP contribution in [0.1, 0.15) is 30.4 Å². The van der Waals surface area contributed by atoms with Gasteiger partial charge in [-0.1, -0.05) is 36.8 Å². The minimum Gasteiger partial charge on any atom is -0.299 e. The standard InChI is InChI=1S/C20H25N3O4S.ClH/c24-23(25)19-9-6-10-20(15-19)28(26,27)21-12-4-1-5-13-22-14-11-17-7-2-3-8-18(17)16-22;/h2-3,6-10,15,21H,1,4-5,11-14,16H2;1H. The maximum Gasteiger partial charge on any atom is 0.270 e. The minimum atomic E-state index is -3.72. The second-order valence-corrected chi connectivity index (χ2v) is 8.77. The molecule has 29 heavy (non-hydrogen) atoms. The lowest BCUT2D eigenvalue weighted by atomic mass is 10.00. The van der Waals surface area contributed by atoms with E-state index in [0.29, 0.717) is 6.54 Å². The molecule has 0 fully saturated rings. The number of hydrogen-bond donors (Lipinski definition) is 1. The fourth-order valence-electron chi connectivity index (χ4n) is 3.44. The van der Waals surface area contributed by atoms with Crippen molar-refractivity contribution in [2.45, 2.75) is 37.1 Å². The van der Waals surface area contributed by atoms with E-state index in [-0.39, 0.29) is 23.0 Å². The summed E-state index contributed by atoms with van der Waals surface area (Å²) in [5.74, 6) is 0. The maximum absolute atomic E-state index is 12.3. The van der Waals surface area contributed by atoms with Crippen LogP contribution in [-0.2, 0) is 23.0 Å². The normalized spacial score (nSPS) is 14.1. The number of hydrogen-bond acceptors (Lipinski definition) is 5. The van der Waals surface area contributed by atoms with Gasteiger partial charge in [-0.25, -0.2) is 13.1 Å². The number of benzene rings is 2. The summed E-state index contributed by atoms with van der Waals surface area (Å²) >= 11 is 0. The van der Waals surface area contributed by atoms with Crippen molar-refractivity contribution < 1.29 is 13.3 Å². The molecule has 2 aromatic rings. The number of non-ortho nitro benzene ring substituents is 1. The number of halogens is 1. The van der Waals surface area contributed by atoms with Gasteiger partial charge in [0.15, 0.2) is 0 Å². The molecule has 0 spiro atoms. The van der Waals surface area contributed by atoms with E-state index in [4.69, 9.17) is 0 Å². The molecule has 1 aliphatic rings. The molecular formula is C20H26ClN3O4S. The predicted molar refractivity (Wildman–Crippen MR) is 115 cm³/mol. The highest BCUT2D eigenvalue weighted by molar-refractivity contribution is 7.89. The van der Waals surface area contributed by atoms with Crippen LogP contribution in [0.2, 0.25) is 0 Å². The zero-order chi connectivity index (χ0) is 20.0. The van der Waals surface area contributed by atoms with Crippen LogP contribution in [-0.4, -0.2) is 37.9 Å². The zero-order valence-electron chi connectivity index (χ0n) is 16.1. The highest BCUT2D eigenvalue weighted by atomic mass is 35.5. The Hall–Kier alpha value is -2.00. The van der Waals surface area contributed by atoms with Crippen LogP contribution in [0.3, 0.4) is 0 Å². The number of nitro groups is 1. The van der Waals surface area contributed by atoms with Crippen molar-refractivity contribution in [2.75, 3.05) is 19.6 Å². The number of fused-ring (bicyclic) bond motifs is 1. The average molecular weight is 440 g/mol. The van der Waals surface area contributed by atoms with Crippen LogP contribution < -0.4 is 4.72 Å². The fourth-order valence-corrected chi connectivity index (χ4v) is 4.55. The van der Waals surface area contributed by atoms with Gasteiger partial charge in [0.05, 0.1) is 9.82 Å². The number of sulfonamides is 1. The van der Waals surface area contributed by atoms with E-state index >= 15 is 0 Å². The van der Waals surface area contributed by atoms with Gasteiger partial charge >= 0.3 is 0 Å². The molecule has 0 aromatic heterocycles. The van der Waals surface area contributed by atoms with Crippen LogP contribution in [0, 0.1) is 10.1 Å². The molecule has 1 N–H and O–H groups in total. The first-order valence-electron chi connectivity index (χ1n) is 9.49. The monoisotopic (exact) mass is 439 g/mol. The van der Waals surface area contributed by atoms with Crippen LogP contribution in [0.25, 0.3) is 0 Å². The third-order valence-corrected chi connectivity index (χ3v) is 6.45. The van der Waals surface area contributed by atoms with Crippen molar-refractivity contribution in [3.05, 3.63) is 69.8 Å². The molecule has 0 bridgehead atoms. The number of unbranched alkanes of at least 4 members (excludes halogenated alkanes) is 2. The van der Waals surface area contributed by atoms with Crippen molar-refractivity contribution in [2.24, 2.45) is 0 Å². The summed E-state index contributed by atoms with van der Waals surface area (Å²) < 4.78 is 27.1. The van der Waals surface area contributed by atoms with Gasteiger partial charge in [0.1, 0.15) is 0 Å². The number of nitro benzene ring substituents is 1. The Morgan fingerprint density at radius 2 is 1.79 bits per heavy atom. The molecule has 158 valence electrons. The summed E-state index contributed by atoms with van der Waals surface area (Å²) in [6, 6.07) is 13.6. The fraction of sp³-hybridized carbons (Fsp3) is 0.400. The summed E-state index contributed by atoms with van der Waals surface area (Å²) in [6.07, 6.45) is 3.76. The van der Waals surface area contributed by atoms with E-state index in [1.165, 1.54) is 29.3 Å². The molecule has 0 saturated heterocycles. The Bertz CT molecular complexity index is 937. The Balaban J connectivity index is 0.00000300. The first-order valence-corrected chi connectivity index (χ1v) is 11.0. The van der Waals surface area contributed by atoms with Crippen molar-refractivity contribution in [1.29, 1.82) is 0 Å². The molecule has 2 aromatic carbocycles. The third kappa shape index (κ3) is 6.50. The molecule has 1 aliphatic heterocycles. The Morgan fingerprint density at radius 3 is 2.55 bits per heavy atom. The number of rotatable bonds is 9. The molecule has 3 rings (SSSR count). The van der Waals surface area contributed by atoms with Crippen LogP contribution in [0.4, 0.5) is 5.69 Å². The Labute approximate surface area is 177 Å². The van der Waals surface area contributed by atoms with Crippen molar-refractivity contribution >= 4 is 28.1 Å². The molecule has 9 heteroatoms. The lowest BCUT2D eigenvalue weighted by Crippen LogP contribution is -2.31. The lowest BCUT2D eigenvalue weighted by Gasteiger charge is -2.28. The van der Waals surface area contributed by atoms with Gasteiger partial charge in [-0.2, -0.15) is 0 Å². The van der Waals surface area contributed by atoms with Gasteiger partial charge < -0.3 is 0 Å². The van der Waals surface area contributed by atoms with Crippen molar-refractivity contribution in [3.63, 3.8) is 0 Å². The van der Waals surface area contributed by atoms with E-state index in [2.05, 4.69) is 33.9 Å². The van der Waals surface area contributed by atoms with E-state index in [9.17, 15) is 18.5 Å². The summed E-state index contributed by atoms with van der Waals surface area (Å²) in [7, 11) is -3.72. The molecule has 1 heterocycles. The molecule has 7 nitrogen and oxygen atoms in total. The first-order chi connectivity index (χ1) is 13.5. The van der Waals surface area contributed by atoms with E-state index < -0.39 is 14.9 Å². The molecule has 0 amide bonds. The maximum atomic E-state index is 12.3. The highest BCUT2D eigenvalue weighted by Crippen LogP contribution is 2.19. The SMILES string of the molecule is Cl.O=[N+]([O-])c1cccc(S(=O)(=O)NCCCCCN2CCc3ccccc3C2)c1. The second kappa shape index (κ2) is 10.7. The Kier molecular flexibility index (Phi) is 8.58. The van der Waals surface area contributed by atoms with Crippen LogP contribution in [0.5, 0.6) is 0 Å². The van der Waals surface area contributed by atoms with Crippen LogP contribution in [0.15, 0.2) is 53.4 Å². The van der Waals surface area contributed by atoms with Gasteiger partial charge in [-0.15, -0.1) is 12.4 Å². The predicted octanol–water partition coefficient (Wildman–Crippen LogP) is 3.52. The summed E-state index contributed by atoms with van der Waals surface area (Å²) in [5.41, 5.74) is 2.61. The van der Waals surface area contributed by atoms with Crippen molar-refractivity contribution in [3.8, 4) is 0 Å². The third-order valence-electron chi connectivity index (χ3n) is 4.99. The summed E-state index contributed by atoms with van der Waals surface area (Å²) in [4.78, 5) is 12.6. The largest absolute Gasteiger partial charge is 0.299 e. The highest BCUT2D eigenvalue weighted by Gasteiger charge is 2.17. The Morgan fingerprint density at radius 1 is 1.03 bits per heavy atom. The zero-order valence-corrected chi connectivity index (χ0v) is 17.8. The van der Waals surface area contributed by atoms with Gasteiger partial charge in [0.2, 0.25) is 10.0 Å². The van der Waals surface area contributed by atoms with Gasteiger partial charge in [0.25, 0.3) is 5.69 Å². The van der Waals surface area contributed by atoms with E-state index in [0.717, 1.165) is 51.4 Å². The molecule has 0 unspecified atom stereocenters. The van der Waals surface area contributed by atoms with E-state index in [1.807, 2.05) is 0 Å². The minimum absolute atomic E-state index is 0. The lowest BCUT2D eigenvalue weighted by molar-refractivity contribution is -0.385. The summed E-state index contributed by atoms with van der Waals surface area (Å²) in [6.45, 7) is 3.38. The van der Waals surface area contributed by atoms with E-state index in [1.54, 1.807) is 0 Å². The number of nitrogens with one attached hydrogen (secondary N) is 1. The quantitative estimate of drug-likeness (QED) is 0.366. The van der Waals surface area contributed by atoms with Crippen molar-refractivity contribution in [1.82, 2.24) is 9.62 Å². The van der Waals surface area contributed by atoms with Crippen LogP contribution >= 0.6 is 12.4 Å². The molecule has 0 saturated carbocycles. The molecule has 0 radical (unpaired) electrons. The molecule has 0 aliphatic carbocycles. The van der Waals surface area contributed by atoms with Gasteiger partial charge in [0, 0.05) is 31.8 Å². The van der Waals surface area contributed by atoms with Gasteiger partial charge in [-0.3, -0.25) is 15.0 Å². The summed E-state index contributed by atoms with van der Waals surface area (Å²) in [5, 5.41) is 10.8. The topological polar surface area (TPSA) is 92.5 Å². The number of nitrogens with zero attached hydrogens (tertiary/aromatic N) is 2. The average Bonchev–Trinajstić information content (AvgIpc) is 2.70. The second-order valence-electron chi connectivity index (χ2n) is 7.01. The molecular weight excluding hydrogens is 414 g/mol. The molecule has 0 atom stereocenters. The van der Waals surface area contributed by atoms with Gasteiger partial charge in [-0.05, 0) is 43.0 Å².